The molecule has 1 nitrogen and oxygen atoms in total. The van der Waals surface area contributed by atoms with Gasteiger partial charge < -0.3 is 5.11 Å². The molecule has 0 aliphatic rings. The highest BCUT2D eigenvalue weighted by atomic mass is 79.9. The van der Waals surface area contributed by atoms with Crippen LogP contribution >= 0.6 is 27.3 Å². The van der Waals surface area contributed by atoms with Gasteiger partial charge in [-0.25, -0.2) is 0 Å². The molecule has 0 saturated heterocycles. The molecule has 82 valence electrons. The molecule has 0 aliphatic heterocycles. The molecule has 0 radical (unpaired) electrons. The highest BCUT2D eigenvalue weighted by Gasteiger charge is 1.94. The van der Waals surface area contributed by atoms with Gasteiger partial charge in [-0.05, 0) is 40.2 Å². The van der Waals surface area contributed by atoms with E-state index in [4.69, 9.17) is 5.11 Å². The molecule has 0 fully saturated rings. The maximum Gasteiger partial charge on any atom is 0.0910 e. The smallest absolute Gasteiger partial charge is 0.0910 e. The molecule has 0 bridgehead atoms. The van der Waals surface area contributed by atoms with Crippen LogP contribution in [0, 0.1) is 11.8 Å². The van der Waals surface area contributed by atoms with Gasteiger partial charge in [-0.1, -0.05) is 24.7 Å². The van der Waals surface area contributed by atoms with Gasteiger partial charge in [0.15, 0.2) is 0 Å². The zero-order valence-corrected chi connectivity index (χ0v) is 11.0. The van der Waals surface area contributed by atoms with E-state index >= 15 is 0 Å². The second-order valence-corrected chi connectivity index (χ2v) is 5.06. The monoisotopic (exact) mass is 286 g/mol. The summed E-state index contributed by atoms with van der Waals surface area (Å²) in [7, 11) is 0. The van der Waals surface area contributed by atoms with Crippen molar-refractivity contribution in [2.45, 2.75) is 32.1 Å². The quantitative estimate of drug-likeness (QED) is 0.645. The fourth-order valence-electron chi connectivity index (χ4n) is 1.20. The molecular formula is C12H15BrOS. The van der Waals surface area contributed by atoms with Crippen LogP contribution in [0.25, 0.3) is 0 Å². The average molecular weight is 287 g/mol. The number of thiophene rings is 1. The van der Waals surface area contributed by atoms with E-state index in [1.807, 2.05) is 11.4 Å². The topological polar surface area (TPSA) is 20.2 Å². The first-order valence-corrected chi connectivity index (χ1v) is 6.84. The van der Waals surface area contributed by atoms with Crippen LogP contribution in [0.4, 0.5) is 0 Å². The maximum atomic E-state index is 8.59. The first kappa shape index (κ1) is 12.8. The standard InChI is InChI=1S/C12H15BrOS/c13-11-8-10-15-12(11)7-5-3-1-2-4-6-9-14/h8,10,14H,1-4,6,9H2. The molecule has 15 heavy (non-hydrogen) atoms. The van der Waals surface area contributed by atoms with Crippen molar-refractivity contribution in [3.05, 3.63) is 20.8 Å². The average Bonchev–Trinajstić information content (AvgIpc) is 2.63. The van der Waals surface area contributed by atoms with Crippen molar-refractivity contribution in [1.29, 1.82) is 0 Å². The third-order valence-corrected chi connectivity index (χ3v) is 3.78. The zero-order valence-electron chi connectivity index (χ0n) is 8.63. The minimum Gasteiger partial charge on any atom is -0.396 e. The van der Waals surface area contributed by atoms with Crippen LogP contribution < -0.4 is 0 Å². The number of unbranched alkanes of at least 4 members (excludes halogenated alkanes) is 4. The molecule has 3 heteroatoms. The maximum absolute atomic E-state index is 8.59. The lowest BCUT2D eigenvalue weighted by atomic mass is 10.1. The fraction of sp³-hybridized carbons (Fsp3) is 0.500. The third kappa shape index (κ3) is 5.36. The molecule has 0 amide bonds. The van der Waals surface area contributed by atoms with E-state index in [0.717, 1.165) is 35.0 Å². The number of hydrogen-bond donors (Lipinski definition) is 1. The van der Waals surface area contributed by atoms with Crippen LogP contribution in [-0.4, -0.2) is 11.7 Å². The number of hydrogen-bond acceptors (Lipinski definition) is 2. The molecule has 0 unspecified atom stereocenters. The number of halogens is 1. The van der Waals surface area contributed by atoms with Gasteiger partial charge in [0.2, 0.25) is 0 Å². The van der Waals surface area contributed by atoms with E-state index in [0.29, 0.717) is 6.61 Å². The van der Waals surface area contributed by atoms with Crippen molar-refractivity contribution >= 4 is 27.3 Å². The summed E-state index contributed by atoms with van der Waals surface area (Å²) in [6.45, 7) is 0.313. The Morgan fingerprint density at radius 1 is 1.27 bits per heavy atom. The lowest BCUT2D eigenvalue weighted by molar-refractivity contribution is 0.282. The van der Waals surface area contributed by atoms with Crippen LogP contribution in [-0.2, 0) is 0 Å². The Kier molecular flexibility index (Phi) is 6.74. The Bertz CT molecular complexity index is 335. The van der Waals surface area contributed by atoms with Crippen molar-refractivity contribution in [3.63, 3.8) is 0 Å². The van der Waals surface area contributed by atoms with Gasteiger partial charge >= 0.3 is 0 Å². The van der Waals surface area contributed by atoms with Crippen molar-refractivity contribution in [2.75, 3.05) is 6.61 Å². The lowest BCUT2D eigenvalue weighted by Gasteiger charge is -1.94. The van der Waals surface area contributed by atoms with Gasteiger partial charge in [0.1, 0.15) is 0 Å². The molecule has 0 saturated carbocycles. The third-order valence-electron chi connectivity index (χ3n) is 2.03. The predicted octanol–water partition coefficient (Wildman–Crippen LogP) is 3.80. The molecule has 1 N–H and O–H groups in total. The Morgan fingerprint density at radius 2 is 2.07 bits per heavy atom. The zero-order chi connectivity index (χ0) is 10.9. The van der Waals surface area contributed by atoms with Crippen LogP contribution in [0.3, 0.4) is 0 Å². The first-order chi connectivity index (χ1) is 7.34. The van der Waals surface area contributed by atoms with E-state index in [-0.39, 0.29) is 0 Å². The Balaban J connectivity index is 2.15. The van der Waals surface area contributed by atoms with Crippen molar-refractivity contribution in [2.24, 2.45) is 0 Å². The molecule has 1 rings (SSSR count). The highest BCUT2D eigenvalue weighted by Crippen LogP contribution is 2.21. The van der Waals surface area contributed by atoms with Crippen molar-refractivity contribution in [1.82, 2.24) is 0 Å². The molecule has 0 aliphatic carbocycles. The van der Waals surface area contributed by atoms with Crippen LogP contribution in [0.2, 0.25) is 0 Å². The van der Waals surface area contributed by atoms with Gasteiger partial charge in [-0.2, -0.15) is 0 Å². The molecule has 0 spiro atoms. The molecule has 0 atom stereocenters. The van der Waals surface area contributed by atoms with Crippen molar-refractivity contribution in [3.8, 4) is 11.8 Å². The summed E-state index contributed by atoms with van der Waals surface area (Å²) in [5.74, 6) is 6.33. The summed E-state index contributed by atoms with van der Waals surface area (Å²) in [6, 6.07) is 2.02. The SMILES string of the molecule is OCCCCCCC#Cc1sccc1Br. The fourth-order valence-corrected chi connectivity index (χ4v) is 2.54. The van der Waals surface area contributed by atoms with E-state index < -0.39 is 0 Å². The lowest BCUT2D eigenvalue weighted by Crippen LogP contribution is -1.82. The van der Waals surface area contributed by atoms with Crippen LogP contribution in [0.15, 0.2) is 15.9 Å². The number of aliphatic hydroxyl groups is 1. The number of aliphatic hydroxyl groups excluding tert-OH is 1. The summed E-state index contributed by atoms with van der Waals surface area (Å²) in [5, 5.41) is 10.6. The largest absolute Gasteiger partial charge is 0.396 e. The van der Waals surface area contributed by atoms with Crippen LogP contribution in [0.1, 0.15) is 37.0 Å². The Morgan fingerprint density at radius 3 is 2.73 bits per heavy atom. The Labute approximate surface area is 104 Å². The van der Waals surface area contributed by atoms with E-state index in [2.05, 4.69) is 27.8 Å². The molecular weight excluding hydrogens is 272 g/mol. The van der Waals surface area contributed by atoms with Gasteiger partial charge in [0, 0.05) is 17.5 Å². The van der Waals surface area contributed by atoms with Gasteiger partial charge in [0.25, 0.3) is 0 Å². The van der Waals surface area contributed by atoms with E-state index in [1.54, 1.807) is 11.3 Å². The van der Waals surface area contributed by atoms with Gasteiger partial charge in [-0.15, -0.1) is 11.3 Å². The van der Waals surface area contributed by atoms with E-state index in [9.17, 15) is 0 Å². The molecule has 1 aromatic heterocycles. The Hall–Kier alpha value is -0.300. The second-order valence-electron chi connectivity index (χ2n) is 3.29. The minimum absolute atomic E-state index is 0.313. The van der Waals surface area contributed by atoms with Gasteiger partial charge in [0.05, 0.1) is 4.88 Å². The second kappa shape index (κ2) is 7.92. The predicted molar refractivity (Wildman–Crippen MR) is 69.1 cm³/mol. The highest BCUT2D eigenvalue weighted by molar-refractivity contribution is 9.10. The van der Waals surface area contributed by atoms with Crippen molar-refractivity contribution < 1.29 is 5.11 Å². The molecule has 1 aromatic rings. The normalized spacial score (nSPS) is 9.73. The summed E-state index contributed by atoms with van der Waals surface area (Å²) >= 11 is 5.12. The van der Waals surface area contributed by atoms with E-state index in [1.165, 1.54) is 6.42 Å². The summed E-state index contributed by atoms with van der Waals surface area (Å²) in [6.07, 6.45) is 5.29. The minimum atomic E-state index is 0.313. The first-order valence-electron chi connectivity index (χ1n) is 5.17. The number of rotatable bonds is 5. The summed E-state index contributed by atoms with van der Waals surface area (Å²) in [4.78, 5) is 1.12. The summed E-state index contributed by atoms with van der Waals surface area (Å²) < 4.78 is 1.10. The van der Waals surface area contributed by atoms with Gasteiger partial charge in [-0.3, -0.25) is 0 Å². The molecule has 1 heterocycles. The molecule has 0 aromatic carbocycles. The van der Waals surface area contributed by atoms with Crippen LogP contribution in [0.5, 0.6) is 0 Å². The summed E-state index contributed by atoms with van der Waals surface area (Å²) in [5.41, 5.74) is 0.